The van der Waals surface area contributed by atoms with Crippen LogP contribution < -0.4 is 16.8 Å². The van der Waals surface area contributed by atoms with E-state index in [4.69, 9.17) is 23.1 Å². The van der Waals surface area contributed by atoms with E-state index in [0.29, 0.717) is 6.07 Å². The molecule has 0 aromatic heterocycles. The SMILES string of the molecule is Cc1cc(C(F)(F)F)cc(Cl)c1NC(=O)N=C(N)N. The molecule has 0 aliphatic rings. The molecule has 5 N–H and O–H groups in total. The Kier molecular flexibility index (Phi) is 4.25. The van der Waals surface area contributed by atoms with Gasteiger partial charge in [-0.05, 0) is 24.6 Å². The van der Waals surface area contributed by atoms with Crippen LogP contribution in [0, 0.1) is 6.92 Å². The van der Waals surface area contributed by atoms with Crippen LogP contribution in [0.1, 0.15) is 11.1 Å². The van der Waals surface area contributed by atoms with E-state index in [1.54, 1.807) is 0 Å². The fourth-order valence-corrected chi connectivity index (χ4v) is 1.63. The summed E-state index contributed by atoms with van der Waals surface area (Å²) in [6.07, 6.45) is -4.52. The number of guanidine groups is 1. The van der Waals surface area contributed by atoms with Crippen LogP contribution >= 0.6 is 11.6 Å². The molecule has 2 amide bonds. The molecule has 9 heteroatoms. The summed E-state index contributed by atoms with van der Waals surface area (Å²) >= 11 is 5.70. The van der Waals surface area contributed by atoms with Gasteiger partial charge in [-0.15, -0.1) is 0 Å². The molecule has 0 atom stereocenters. The molecule has 5 nitrogen and oxygen atoms in total. The largest absolute Gasteiger partial charge is 0.416 e. The van der Waals surface area contributed by atoms with Crippen molar-refractivity contribution in [1.29, 1.82) is 0 Å². The molecule has 0 heterocycles. The minimum absolute atomic E-state index is 0.0182. The van der Waals surface area contributed by atoms with Crippen molar-refractivity contribution in [2.45, 2.75) is 13.1 Å². The van der Waals surface area contributed by atoms with E-state index < -0.39 is 23.7 Å². The first kappa shape index (κ1) is 15.1. The number of aryl methyl sites for hydroxylation is 1. The number of aliphatic imine (C=N–C) groups is 1. The lowest BCUT2D eigenvalue weighted by atomic mass is 10.1. The molecule has 1 rings (SSSR count). The van der Waals surface area contributed by atoms with Crippen LogP contribution in [0.4, 0.5) is 23.7 Å². The maximum absolute atomic E-state index is 12.5. The van der Waals surface area contributed by atoms with Crippen molar-refractivity contribution in [3.63, 3.8) is 0 Å². The molecule has 0 unspecified atom stereocenters. The van der Waals surface area contributed by atoms with E-state index in [0.717, 1.165) is 6.07 Å². The minimum atomic E-state index is -4.52. The molecular weight excluding hydrogens is 285 g/mol. The van der Waals surface area contributed by atoms with Crippen molar-refractivity contribution in [3.8, 4) is 0 Å². The molecule has 0 spiro atoms. The average molecular weight is 295 g/mol. The Morgan fingerprint density at radius 2 is 1.95 bits per heavy atom. The predicted molar refractivity (Wildman–Crippen MR) is 66.0 cm³/mol. The third-order valence-corrected chi connectivity index (χ3v) is 2.38. The highest BCUT2D eigenvalue weighted by Crippen LogP contribution is 2.36. The Morgan fingerprint density at radius 1 is 1.37 bits per heavy atom. The predicted octanol–water partition coefficient (Wildman–Crippen LogP) is 2.47. The zero-order valence-corrected chi connectivity index (χ0v) is 10.4. The Hall–Kier alpha value is -1.96. The smallest absolute Gasteiger partial charge is 0.370 e. The maximum atomic E-state index is 12.5. The third kappa shape index (κ3) is 4.02. The molecule has 0 saturated carbocycles. The lowest BCUT2D eigenvalue weighted by molar-refractivity contribution is -0.137. The second-order valence-corrected chi connectivity index (χ2v) is 4.02. The lowest BCUT2D eigenvalue weighted by Crippen LogP contribution is -2.25. The quantitative estimate of drug-likeness (QED) is 0.548. The summed E-state index contributed by atoms with van der Waals surface area (Å²) in [5.74, 6) is -0.474. The van der Waals surface area contributed by atoms with Crippen molar-refractivity contribution >= 4 is 29.3 Å². The van der Waals surface area contributed by atoms with Gasteiger partial charge in [-0.2, -0.15) is 18.2 Å². The van der Waals surface area contributed by atoms with Gasteiger partial charge in [0, 0.05) is 0 Å². The Labute approximate surface area is 111 Å². The summed E-state index contributed by atoms with van der Waals surface area (Å²) in [4.78, 5) is 14.4. The van der Waals surface area contributed by atoms with E-state index >= 15 is 0 Å². The number of amides is 2. The van der Waals surface area contributed by atoms with Crippen molar-refractivity contribution in [2.75, 3.05) is 5.32 Å². The summed E-state index contributed by atoms with van der Waals surface area (Å²) in [6.45, 7) is 1.37. The summed E-state index contributed by atoms with van der Waals surface area (Å²) in [7, 11) is 0. The van der Waals surface area contributed by atoms with Gasteiger partial charge in [0.15, 0.2) is 5.96 Å². The zero-order chi connectivity index (χ0) is 14.8. The molecule has 0 fully saturated rings. The highest BCUT2D eigenvalue weighted by atomic mass is 35.5. The number of hydrogen-bond acceptors (Lipinski definition) is 1. The van der Waals surface area contributed by atoms with Crippen LogP contribution in [0.15, 0.2) is 17.1 Å². The minimum Gasteiger partial charge on any atom is -0.370 e. The van der Waals surface area contributed by atoms with Crippen molar-refractivity contribution in [3.05, 3.63) is 28.3 Å². The molecule has 0 aliphatic carbocycles. The van der Waals surface area contributed by atoms with Crippen LogP contribution in [0.5, 0.6) is 0 Å². The van der Waals surface area contributed by atoms with Crippen molar-refractivity contribution < 1.29 is 18.0 Å². The number of urea groups is 1. The van der Waals surface area contributed by atoms with Gasteiger partial charge in [-0.1, -0.05) is 11.6 Å². The molecule has 0 bridgehead atoms. The van der Waals surface area contributed by atoms with Crippen LogP contribution in [-0.2, 0) is 6.18 Å². The number of benzene rings is 1. The van der Waals surface area contributed by atoms with Gasteiger partial charge in [-0.25, -0.2) is 4.79 Å². The summed E-state index contributed by atoms with van der Waals surface area (Å²) < 4.78 is 37.5. The number of nitrogens with two attached hydrogens (primary N) is 2. The number of anilines is 1. The number of hydrogen-bond donors (Lipinski definition) is 3. The highest BCUT2D eigenvalue weighted by Gasteiger charge is 2.31. The second-order valence-electron chi connectivity index (χ2n) is 3.61. The summed E-state index contributed by atoms with van der Waals surface area (Å²) in [5.41, 5.74) is 9.23. The van der Waals surface area contributed by atoms with Crippen LogP contribution in [0.3, 0.4) is 0 Å². The number of halogens is 4. The number of carbonyl (C=O) groups excluding carboxylic acids is 1. The Balaban J connectivity index is 3.12. The number of alkyl halides is 3. The second kappa shape index (κ2) is 5.35. The average Bonchev–Trinajstić information content (AvgIpc) is 2.20. The molecule has 0 radical (unpaired) electrons. The van der Waals surface area contributed by atoms with Gasteiger partial charge in [0.2, 0.25) is 0 Å². The first-order valence-corrected chi connectivity index (χ1v) is 5.27. The highest BCUT2D eigenvalue weighted by molar-refractivity contribution is 6.34. The number of nitrogens with zero attached hydrogens (tertiary/aromatic N) is 1. The lowest BCUT2D eigenvalue weighted by Gasteiger charge is -2.13. The first-order valence-electron chi connectivity index (χ1n) is 4.89. The molecule has 0 aliphatic heterocycles. The van der Waals surface area contributed by atoms with Gasteiger partial charge in [0.05, 0.1) is 16.3 Å². The molecule has 1 aromatic carbocycles. The normalized spacial score (nSPS) is 11.0. The fraction of sp³-hybridized carbons (Fsp3) is 0.200. The Bertz CT molecular complexity index is 515. The maximum Gasteiger partial charge on any atom is 0.416 e. The third-order valence-electron chi connectivity index (χ3n) is 2.08. The zero-order valence-electron chi connectivity index (χ0n) is 9.68. The van der Waals surface area contributed by atoms with Crippen molar-refractivity contribution in [1.82, 2.24) is 0 Å². The van der Waals surface area contributed by atoms with Crippen molar-refractivity contribution in [2.24, 2.45) is 16.5 Å². The number of rotatable bonds is 1. The van der Waals surface area contributed by atoms with E-state index in [-0.39, 0.29) is 16.3 Å². The van der Waals surface area contributed by atoms with Gasteiger partial charge >= 0.3 is 12.2 Å². The number of carbonyl (C=O) groups is 1. The topological polar surface area (TPSA) is 93.5 Å². The summed E-state index contributed by atoms with van der Waals surface area (Å²) in [6, 6.07) is 0.640. The van der Waals surface area contributed by atoms with Crippen LogP contribution in [-0.4, -0.2) is 12.0 Å². The van der Waals surface area contributed by atoms with Crippen LogP contribution in [0.25, 0.3) is 0 Å². The van der Waals surface area contributed by atoms with Crippen LogP contribution in [0.2, 0.25) is 5.02 Å². The van der Waals surface area contributed by atoms with E-state index in [1.165, 1.54) is 6.92 Å². The van der Waals surface area contributed by atoms with Gasteiger partial charge < -0.3 is 16.8 Å². The molecule has 0 saturated heterocycles. The molecule has 104 valence electrons. The molecule has 1 aromatic rings. The van der Waals surface area contributed by atoms with E-state index in [1.807, 2.05) is 0 Å². The van der Waals surface area contributed by atoms with Gasteiger partial charge in [0.1, 0.15) is 0 Å². The molecular formula is C10H10ClF3N4O. The molecule has 19 heavy (non-hydrogen) atoms. The van der Waals surface area contributed by atoms with E-state index in [9.17, 15) is 18.0 Å². The standard InChI is InChI=1S/C10H10ClF3N4O/c1-4-2-5(10(12,13)14)3-6(11)7(4)17-9(19)18-8(15)16/h2-3H,1H3,(H5,15,16,17,18,19). The number of nitrogens with one attached hydrogen (secondary N) is 1. The van der Waals surface area contributed by atoms with Gasteiger partial charge in [0.25, 0.3) is 0 Å². The van der Waals surface area contributed by atoms with E-state index in [2.05, 4.69) is 10.3 Å². The fourth-order valence-electron chi connectivity index (χ4n) is 1.32. The monoisotopic (exact) mass is 294 g/mol. The Morgan fingerprint density at radius 3 is 2.37 bits per heavy atom. The first-order chi connectivity index (χ1) is 8.61. The van der Waals surface area contributed by atoms with Gasteiger partial charge in [-0.3, -0.25) is 0 Å². The summed E-state index contributed by atoms with van der Waals surface area (Å²) in [5, 5.41) is 1.94.